The molecule has 0 aliphatic carbocycles. The standard InChI is InChI=1S/C7H8N4O2.Ca/c1-10-3-8-5-4(10)6(12)9-7(13)11(5)2;/h3H,1-2H3,(H,9,12,13);. The van der Waals surface area contributed by atoms with Crippen LogP contribution in [0.3, 0.4) is 0 Å². The van der Waals surface area contributed by atoms with E-state index in [1.54, 1.807) is 18.7 Å². The molecule has 6 nitrogen and oxygen atoms in total. The molecule has 2 aromatic rings. The monoisotopic (exact) mass is 220 g/mol. The molecule has 70 valence electrons. The molecule has 2 rings (SSSR count). The fraction of sp³-hybridized carbons (Fsp3) is 0.286. The number of H-pyrrole nitrogens is 1. The molecule has 0 aliphatic rings. The second-order valence-electron chi connectivity index (χ2n) is 2.85. The molecule has 0 atom stereocenters. The quantitative estimate of drug-likeness (QED) is 0.554. The summed E-state index contributed by atoms with van der Waals surface area (Å²) in [6.45, 7) is 0. The summed E-state index contributed by atoms with van der Waals surface area (Å²) in [5.41, 5.74) is -0.0485. The van der Waals surface area contributed by atoms with Crippen LogP contribution in [-0.4, -0.2) is 56.8 Å². The van der Waals surface area contributed by atoms with Gasteiger partial charge in [-0.15, -0.1) is 0 Å². The zero-order valence-electron chi connectivity index (χ0n) is 7.94. The van der Waals surface area contributed by atoms with Crippen LogP contribution in [0.15, 0.2) is 15.9 Å². The van der Waals surface area contributed by atoms with Gasteiger partial charge in [0.2, 0.25) is 0 Å². The molecule has 0 aromatic carbocycles. The number of aromatic nitrogens is 4. The van der Waals surface area contributed by atoms with Gasteiger partial charge >= 0.3 is 5.69 Å². The van der Waals surface area contributed by atoms with Crippen LogP contribution in [0.25, 0.3) is 11.2 Å². The minimum atomic E-state index is -0.448. The van der Waals surface area contributed by atoms with Crippen molar-refractivity contribution in [3.05, 3.63) is 27.2 Å². The number of hydrogen-bond donors (Lipinski definition) is 1. The van der Waals surface area contributed by atoms with Gasteiger partial charge in [0, 0.05) is 51.8 Å². The fourth-order valence-electron chi connectivity index (χ4n) is 1.26. The van der Waals surface area contributed by atoms with E-state index in [4.69, 9.17) is 0 Å². The smallest absolute Gasteiger partial charge is 0.328 e. The number of hydrogen-bond acceptors (Lipinski definition) is 3. The van der Waals surface area contributed by atoms with Crippen molar-refractivity contribution in [1.29, 1.82) is 0 Å². The molecule has 0 unspecified atom stereocenters. The van der Waals surface area contributed by atoms with Gasteiger partial charge in [-0.25, -0.2) is 9.78 Å². The minimum Gasteiger partial charge on any atom is -0.328 e. The average molecular weight is 220 g/mol. The summed E-state index contributed by atoms with van der Waals surface area (Å²) < 4.78 is 2.88. The SMILES string of the molecule is Cn1cnc2c1c(=O)[nH]c(=O)n2C.[Ca]. The van der Waals surface area contributed by atoms with E-state index in [-0.39, 0.29) is 37.7 Å². The van der Waals surface area contributed by atoms with Crippen molar-refractivity contribution in [2.75, 3.05) is 0 Å². The largest absolute Gasteiger partial charge is 0.329 e. The molecule has 0 fully saturated rings. The Hall–Kier alpha value is -0.590. The molecule has 14 heavy (non-hydrogen) atoms. The second kappa shape index (κ2) is 3.88. The Kier molecular flexibility index (Phi) is 3.18. The first-order chi connectivity index (χ1) is 6.11. The number of aryl methyl sites for hydroxylation is 2. The van der Waals surface area contributed by atoms with Crippen molar-refractivity contribution < 1.29 is 0 Å². The van der Waals surface area contributed by atoms with E-state index in [2.05, 4.69) is 9.97 Å². The topological polar surface area (TPSA) is 72.7 Å². The number of fused-ring (bicyclic) bond motifs is 1. The third-order valence-corrected chi connectivity index (χ3v) is 1.98. The molecule has 0 saturated heterocycles. The molecule has 2 aromatic heterocycles. The first kappa shape index (κ1) is 11.5. The van der Waals surface area contributed by atoms with Crippen LogP contribution in [-0.2, 0) is 14.1 Å². The molecule has 7 heteroatoms. The maximum Gasteiger partial charge on any atom is 0.329 e. The summed E-state index contributed by atoms with van der Waals surface area (Å²) >= 11 is 0. The summed E-state index contributed by atoms with van der Waals surface area (Å²) in [6, 6.07) is 0. The van der Waals surface area contributed by atoms with Gasteiger partial charge in [0.15, 0.2) is 11.2 Å². The van der Waals surface area contributed by atoms with E-state index in [1.807, 2.05) is 0 Å². The first-order valence-corrected chi connectivity index (χ1v) is 3.71. The maximum atomic E-state index is 11.3. The molecular formula is C7H8CaN4O2. The molecule has 0 bridgehead atoms. The fourth-order valence-corrected chi connectivity index (χ4v) is 1.26. The van der Waals surface area contributed by atoms with Crippen molar-refractivity contribution in [2.45, 2.75) is 0 Å². The van der Waals surface area contributed by atoms with Gasteiger partial charge in [-0.05, 0) is 0 Å². The maximum absolute atomic E-state index is 11.3. The molecule has 1 N–H and O–H groups in total. The molecule has 2 heterocycles. The Balaban J connectivity index is 0.000000980. The summed E-state index contributed by atoms with van der Waals surface area (Å²) in [6.07, 6.45) is 1.50. The van der Waals surface area contributed by atoms with Crippen LogP contribution < -0.4 is 11.2 Å². The predicted molar refractivity (Wildman–Crippen MR) is 52.3 cm³/mol. The molecule has 0 amide bonds. The summed E-state index contributed by atoms with van der Waals surface area (Å²) in [5, 5.41) is 0. The third kappa shape index (κ3) is 1.53. The van der Waals surface area contributed by atoms with Gasteiger partial charge < -0.3 is 4.57 Å². The van der Waals surface area contributed by atoms with E-state index in [1.165, 1.54) is 10.9 Å². The van der Waals surface area contributed by atoms with E-state index in [9.17, 15) is 9.59 Å². The Labute approximate surface area is 109 Å². The Morgan fingerprint density at radius 2 is 2.00 bits per heavy atom. The van der Waals surface area contributed by atoms with Crippen LogP contribution in [0, 0.1) is 0 Å². The third-order valence-electron chi connectivity index (χ3n) is 1.98. The van der Waals surface area contributed by atoms with Gasteiger partial charge in [0.1, 0.15) is 0 Å². The van der Waals surface area contributed by atoms with E-state index < -0.39 is 11.2 Å². The molecule has 0 aliphatic heterocycles. The summed E-state index contributed by atoms with van der Waals surface area (Å²) in [7, 11) is 3.27. The average Bonchev–Trinajstić information content (AvgIpc) is 2.44. The normalized spacial score (nSPS) is 10.1. The van der Waals surface area contributed by atoms with Crippen molar-refractivity contribution in [1.82, 2.24) is 19.1 Å². The zero-order chi connectivity index (χ0) is 9.59. The van der Waals surface area contributed by atoms with Crippen LogP contribution in [0.4, 0.5) is 0 Å². The number of imidazole rings is 1. The predicted octanol–water partition coefficient (Wildman–Crippen LogP) is -1.42. The summed E-state index contributed by atoms with van der Waals surface area (Å²) in [5.74, 6) is 0. The first-order valence-electron chi connectivity index (χ1n) is 3.71. The number of aromatic amines is 1. The van der Waals surface area contributed by atoms with Crippen LogP contribution in [0.2, 0.25) is 0 Å². The van der Waals surface area contributed by atoms with Gasteiger partial charge in [0.05, 0.1) is 6.33 Å². The number of rotatable bonds is 0. The second-order valence-corrected chi connectivity index (χ2v) is 2.85. The van der Waals surface area contributed by atoms with Gasteiger partial charge in [-0.1, -0.05) is 0 Å². The van der Waals surface area contributed by atoms with E-state index in [0.717, 1.165) is 0 Å². The number of nitrogens with zero attached hydrogens (tertiary/aromatic N) is 3. The van der Waals surface area contributed by atoms with Crippen molar-refractivity contribution in [2.24, 2.45) is 14.1 Å². The van der Waals surface area contributed by atoms with E-state index >= 15 is 0 Å². The molecular weight excluding hydrogens is 212 g/mol. The molecule has 0 spiro atoms. The van der Waals surface area contributed by atoms with Gasteiger partial charge in [-0.2, -0.15) is 0 Å². The van der Waals surface area contributed by atoms with Gasteiger partial charge in [-0.3, -0.25) is 14.3 Å². The minimum absolute atomic E-state index is 0. The summed E-state index contributed by atoms with van der Waals surface area (Å²) in [4.78, 5) is 28.6. The van der Waals surface area contributed by atoms with Crippen molar-refractivity contribution >= 4 is 48.9 Å². The number of nitrogens with one attached hydrogen (secondary N) is 1. The Morgan fingerprint density at radius 3 is 2.64 bits per heavy atom. The van der Waals surface area contributed by atoms with Crippen LogP contribution >= 0.6 is 0 Å². The molecule has 0 saturated carbocycles. The van der Waals surface area contributed by atoms with Crippen molar-refractivity contribution in [3.8, 4) is 0 Å². The molecule has 2 radical (unpaired) electrons. The van der Waals surface area contributed by atoms with E-state index in [0.29, 0.717) is 11.2 Å². The Bertz CT molecular complexity index is 579. The van der Waals surface area contributed by atoms with Crippen LogP contribution in [0.5, 0.6) is 0 Å². The zero-order valence-corrected chi connectivity index (χ0v) is 10.2. The Morgan fingerprint density at radius 1 is 1.36 bits per heavy atom. The van der Waals surface area contributed by atoms with Gasteiger partial charge in [0.25, 0.3) is 5.56 Å². The van der Waals surface area contributed by atoms with Crippen molar-refractivity contribution in [3.63, 3.8) is 0 Å². The van der Waals surface area contributed by atoms with Crippen LogP contribution in [0.1, 0.15) is 0 Å².